The Kier molecular flexibility index (Phi) is 5.61. The zero-order valence-corrected chi connectivity index (χ0v) is 8.94. The molecule has 0 aromatic carbocycles. The summed E-state index contributed by atoms with van der Waals surface area (Å²) in [5, 5.41) is 2.46. The van der Waals surface area contributed by atoms with Gasteiger partial charge in [-0.15, -0.1) is 4.91 Å². The summed E-state index contributed by atoms with van der Waals surface area (Å²) in [5.41, 5.74) is 2.16. The number of ether oxygens (including phenoxy) is 1. The largest absolute Gasteiger partial charge is 1.00 e. The molecule has 1 heterocycles. The van der Waals surface area contributed by atoms with Crippen LogP contribution in [0.15, 0.2) is 23.6 Å². The van der Waals surface area contributed by atoms with Crippen molar-refractivity contribution in [3.05, 3.63) is 23.2 Å². The third-order valence-corrected chi connectivity index (χ3v) is 1.13. The van der Waals surface area contributed by atoms with Crippen LogP contribution < -0.4 is 39.7 Å². The smallest absolute Gasteiger partial charge is 0.495 e. The van der Waals surface area contributed by atoms with E-state index in [1.165, 1.54) is 6.20 Å². The Morgan fingerprint density at radius 1 is 1.58 bits per heavy atom. The molecular formula is C6H7N3NaO2+. The normalized spacial score (nSPS) is 8.08. The van der Waals surface area contributed by atoms with E-state index in [4.69, 9.17) is 4.74 Å². The fourth-order valence-corrected chi connectivity index (χ4v) is 0.614. The van der Waals surface area contributed by atoms with Gasteiger partial charge in [-0.1, -0.05) is 0 Å². The molecule has 1 rings (SSSR count). The zero-order chi connectivity index (χ0) is 8.10. The molecule has 0 radical (unpaired) electrons. The van der Waals surface area contributed by atoms with Gasteiger partial charge in [-0.3, -0.25) is 0 Å². The van der Waals surface area contributed by atoms with E-state index in [1.807, 2.05) is 0 Å². The molecule has 0 amide bonds. The molecule has 0 aliphatic rings. The van der Waals surface area contributed by atoms with Gasteiger partial charge in [-0.25, -0.2) is 10.4 Å². The summed E-state index contributed by atoms with van der Waals surface area (Å²) in [7, 11) is 1.54. The van der Waals surface area contributed by atoms with E-state index >= 15 is 0 Å². The van der Waals surface area contributed by atoms with Crippen LogP contribution in [0.5, 0.6) is 5.75 Å². The molecule has 0 fully saturated rings. The van der Waals surface area contributed by atoms with Gasteiger partial charge in [0.05, 0.1) is 18.6 Å². The maximum Gasteiger partial charge on any atom is 1.00 e. The van der Waals surface area contributed by atoms with Gasteiger partial charge in [-0.05, 0) is 12.1 Å². The fourth-order valence-electron chi connectivity index (χ4n) is 0.614. The van der Waals surface area contributed by atoms with E-state index in [0.717, 1.165) is 0 Å². The number of methoxy groups -OCH3 is 1. The van der Waals surface area contributed by atoms with Crippen LogP contribution in [0.1, 0.15) is 0 Å². The van der Waals surface area contributed by atoms with Crippen LogP contribution in [0, 0.1) is 4.91 Å². The Bertz CT molecular complexity index is 239. The first-order chi connectivity index (χ1) is 5.36. The van der Waals surface area contributed by atoms with Crippen LogP contribution in [-0.2, 0) is 0 Å². The minimum atomic E-state index is 0. The van der Waals surface area contributed by atoms with Gasteiger partial charge in [0.2, 0.25) is 0 Å². The van der Waals surface area contributed by atoms with E-state index in [9.17, 15) is 4.91 Å². The first-order valence-corrected chi connectivity index (χ1v) is 2.95. The Balaban J connectivity index is 0.00000121. The molecule has 58 valence electrons. The van der Waals surface area contributed by atoms with E-state index in [1.54, 1.807) is 19.2 Å². The van der Waals surface area contributed by atoms with E-state index in [2.05, 4.69) is 15.7 Å². The van der Waals surface area contributed by atoms with Crippen molar-refractivity contribution in [2.24, 2.45) is 5.29 Å². The van der Waals surface area contributed by atoms with Crippen molar-refractivity contribution in [2.45, 2.75) is 0 Å². The van der Waals surface area contributed by atoms with Crippen molar-refractivity contribution in [3.8, 4) is 5.75 Å². The molecule has 0 saturated heterocycles. The van der Waals surface area contributed by atoms with Gasteiger partial charge >= 0.3 is 29.6 Å². The van der Waals surface area contributed by atoms with Gasteiger partial charge in [0.15, 0.2) is 0 Å². The summed E-state index contributed by atoms with van der Waals surface area (Å²) in [6.45, 7) is 0. The maximum absolute atomic E-state index is 9.70. The predicted molar refractivity (Wildman–Crippen MR) is 40.2 cm³/mol. The summed E-state index contributed by atoms with van der Waals surface area (Å²) in [5.74, 6) is 1.04. The molecule has 0 atom stereocenters. The number of nitrogens with zero attached hydrogens (tertiary/aromatic N) is 2. The van der Waals surface area contributed by atoms with E-state index in [0.29, 0.717) is 11.6 Å². The molecule has 1 aromatic heterocycles. The van der Waals surface area contributed by atoms with Crippen molar-refractivity contribution < 1.29 is 34.3 Å². The van der Waals surface area contributed by atoms with Gasteiger partial charge in [0.1, 0.15) is 11.6 Å². The number of rotatable bonds is 3. The Labute approximate surface area is 91.8 Å². The zero-order valence-electron chi connectivity index (χ0n) is 6.94. The number of pyridine rings is 1. The molecule has 0 bridgehead atoms. The molecule has 0 saturated carbocycles. The van der Waals surface area contributed by atoms with Crippen molar-refractivity contribution in [1.29, 1.82) is 0 Å². The molecule has 5 nitrogen and oxygen atoms in total. The molecule has 0 unspecified atom stereocenters. The Hall–Kier alpha value is -0.650. The monoisotopic (exact) mass is 176 g/mol. The average Bonchev–Trinajstić information content (AvgIpc) is 2.07. The Morgan fingerprint density at radius 3 is 2.75 bits per heavy atom. The van der Waals surface area contributed by atoms with Crippen LogP contribution in [-0.4, -0.2) is 12.1 Å². The molecule has 0 spiro atoms. The fraction of sp³-hybridized carbons (Fsp3) is 0.167. The quantitative estimate of drug-likeness (QED) is 0.335. The molecule has 1 aromatic rings. The summed E-state index contributed by atoms with van der Waals surface area (Å²) in [6, 6.07) is 3.28. The third-order valence-electron chi connectivity index (χ3n) is 1.13. The number of hydrogen-bond donors (Lipinski definition) is 1. The summed E-state index contributed by atoms with van der Waals surface area (Å²) < 4.78 is 4.85. The molecule has 6 heteroatoms. The molecule has 12 heavy (non-hydrogen) atoms. The minimum Gasteiger partial charge on any atom is -0.495 e. The van der Waals surface area contributed by atoms with E-state index in [-0.39, 0.29) is 29.6 Å². The SMILES string of the molecule is COc1ccc(NN=O)nc1.[Na+]. The molecule has 0 aliphatic carbocycles. The van der Waals surface area contributed by atoms with Crippen molar-refractivity contribution in [1.82, 2.24) is 4.98 Å². The summed E-state index contributed by atoms with van der Waals surface area (Å²) in [4.78, 5) is 13.5. The number of hydrogen-bond acceptors (Lipinski definition) is 4. The van der Waals surface area contributed by atoms with Crippen molar-refractivity contribution in [2.75, 3.05) is 12.5 Å². The first-order valence-electron chi connectivity index (χ1n) is 2.95. The second kappa shape index (κ2) is 5.93. The van der Waals surface area contributed by atoms with Gasteiger partial charge in [-0.2, -0.15) is 0 Å². The summed E-state index contributed by atoms with van der Waals surface area (Å²) >= 11 is 0. The van der Waals surface area contributed by atoms with Gasteiger partial charge < -0.3 is 4.74 Å². The topological polar surface area (TPSA) is 63.6 Å². The minimum absolute atomic E-state index is 0. The summed E-state index contributed by atoms with van der Waals surface area (Å²) in [6.07, 6.45) is 1.49. The van der Waals surface area contributed by atoms with Crippen LogP contribution >= 0.6 is 0 Å². The number of nitroso groups, excluding NO2 is 1. The molecule has 0 aliphatic heterocycles. The average molecular weight is 176 g/mol. The van der Waals surface area contributed by atoms with Crippen LogP contribution in [0.3, 0.4) is 0 Å². The van der Waals surface area contributed by atoms with Crippen LogP contribution in [0.25, 0.3) is 0 Å². The molecular weight excluding hydrogens is 169 g/mol. The van der Waals surface area contributed by atoms with Gasteiger partial charge in [0.25, 0.3) is 0 Å². The van der Waals surface area contributed by atoms with Crippen LogP contribution in [0.2, 0.25) is 0 Å². The number of anilines is 1. The Morgan fingerprint density at radius 2 is 2.33 bits per heavy atom. The standard InChI is InChI=1S/C6H7N3O2.Na/c1-11-5-2-3-6(7-4-5)8-9-10;/h2-4H,1H3,(H,7,8,10);/q;+1. The maximum atomic E-state index is 9.70. The van der Waals surface area contributed by atoms with Crippen molar-refractivity contribution >= 4 is 5.82 Å². The van der Waals surface area contributed by atoms with E-state index < -0.39 is 0 Å². The third kappa shape index (κ3) is 3.17. The van der Waals surface area contributed by atoms with Gasteiger partial charge in [0, 0.05) is 0 Å². The second-order valence-corrected chi connectivity index (χ2v) is 1.79. The second-order valence-electron chi connectivity index (χ2n) is 1.79. The number of aromatic nitrogens is 1. The predicted octanol–water partition coefficient (Wildman–Crippen LogP) is -1.81. The first kappa shape index (κ1) is 11.4. The number of nitrogens with one attached hydrogen (secondary N) is 1. The van der Waals surface area contributed by atoms with Crippen LogP contribution in [0.4, 0.5) is 5.82 Å². The molecule has 1 N–H and O–H groups in total. The van der Waals surface area contributed by atoms with Crippen molar-refractivity contribution in [3.63, 3.8) is 0 Å².